The fourth-order valence-corrected chi connectivity index (χ4v) is 4.68. The van der Waals surface area contributed by atoms with Crippen LogP contribution in [0.4, 0.5) is 11.4 Å². The Labute approximate surface area is 170 Å². The van der Waals surface area contributed by atoms with Crippen LogP contribution in [-0.2, 0) is 10.0 Å². The van der Waals surface area contributed by atoms with E-state index in [9.17, 15) is 13.2 Å². The van der Waals surface area contributed by atoms with Crippen LogP contribution in [0.1, 0.15) is 30.6 Å². The number of hydrogen-bond acceptors (Lipinski definition) is 4. The van der Waals surface area contributed by atoms with Gasteiger partial charge in [0, 0.05) is 17.8 Å². The van der Waals surface area contributed by atoms with Crippen molar-refractivity contribution in [2.24, 2.45) is 5.92 Å². The Morgan fingerprint density at radius 3 is 2.68 bits per heavy atom. The first kappa shape index (κ1) is 20.5. The highest BCUT2D eigenvalue weighted by atomic mass is 35.5. The van der Waals surface area contributed by atoms with Crippen molar-refractivity contribution >= 4 is 38.9 Å². The van der Waals surface area contributed by atoms with E-state index in [-0.39, 0.29) is 11.7 Å². The van der Waals surface area contributed by atoms with Crippen molar-refractivity contribution < 1.29 is 17.9 Å². The highest BCUT2D eigenvalue weighted by Crippen LogP contribution is 2.29. The lowest BCUT2D eigenvalue weighted by atomic mass is 10.1. The van der Waals surface area contributed by atoms with Crippen LogP contribution >= 0.6 is 11.6 Å². The average molecular weight is 423 g/mol. The van der Waals surface area contributed by atoms with E-state index in [1.807, 2.05) is 13.8 Å². The molecule has 0 aromatic heterocycles. The summed E-state index contributed by atoms with van der Waals surface area (Å²) in [4.78, 5) is 12.6. The van der Waals surface area contributed by atoms with Gasteiger partial charge in [-0.1, -0.05) is 31.5 Å². The van der Waals surface area contributed by atoms with Crippen LogP contribution in [0.25, 0.3) is 0 Å². The molecule has 2 aromatic carbocycles. The van der Waals surface area contributed by atoms with Crippen LogP contribution in [-0.4, -0.2) is 33.2 Å². The van der Waals surface area contributed by atoms with Gasteiger partial charge in [0.1, 0.15) is 5.75 Å². The summed E-state index contributed by atoms with van der Waals surface area (Å²) in [5.41, 5.74) is 1.41. The summed E-state index contributed by atoms with van der Waals surface area (Å²) in [7, 11) is -3.29. The Balaban J connectivity index is 1.73. The number of nitrogens with zero attached hydrogens (tertiary/aromatic N) is 1. The molecule has 0 saturated carbocycles. The monoisotopic (exact) mass is 422 g/mol. The van der Waals surface area contributed by atoms with Gasteiger partial charge in [-0.3, -0.25) is 9.10 Å². The maximum atomic E-state index is 12.6. The van der Waals surface area contributed by atoms with E-state index in [4.69, 9.17) is 16.3 Å². The molecule has 1 fully saturated rings. The van der Waals surface area contributed by atoms with Crippen LogP contribution < -0.4 is 14.4 Å². The van der Waals surface area contributed by atoms with Crippen molar-refractivity contribution in [1.82, 2.24) is 0 Å². The zero-order valence-electron chi connectivity index (χ0n) is 15.8. The zero-order valence-corrected chi connectivity index (χ0v) is 17.4. The molecule has 6 nitrogen and oxygen atoms in total. The van der Waals surface area contributed by atoms with Crippen molar-refractivity contribution in [3.8, 4) is 5.75 Å². The molecule has 1 heterocycles. The lowest BCUT2D eigenvalue weighted by molar-refractivity contribution is 0.102. The normalized spacial score (nSPS) is 15.6. The third-order valence-corrected chi connectivity index (χ3v) is 6.42. The fourth-order valence-electron chi connectivity index (χ4n) is 2.89. The Morgan fingerprint density at radius 2 is 2.04 bits per heavy atom. The summed E-state index contributed by atoms with van der Waals surface area (Å²) < 4.78 is 31.2. The Kier molecular flexibility index (Phi) is 6.15. The minimum absolute atomic E-state index is 0.132. The second-order valence-electron chi connectivity index (χ2n) is 7.10. The molecule has 1 amide bonds. The lowest BCUT2D eigenvalue weighted by Crippen LogP contribution is -2.25. The molecular formula is C20H23ClN2O4S. The molecule has 3 rings (SSSR count). The molecule has 1 N–H and O–H groups in total. The van der Waals surface area contributed by atoms with Crippen molar-refractivity contribution in [3.63, 3.8) is 0 Å². The second-order valence-corrected chi connectivity index (χ2v) is 9.52. The van der Waals surface area contributed by atoms with Crippen LogP contribution in [0, 0.1) is 5.92 Å². The molecule has 1 aliphatic heterocycles. The van der Waals surface area contributed by atoms with Gasteiger partial charge >= 0.3 is 0 Å². The molecule has 0 spiro atoms. The largest absolute Gasteiger partial charge is 0.492 e. The predicted molar refractivity (Wildman–Crippen MR) is 112 cm³/mol. The van der Waals surface area contributed by atoms with E-state index in [0.29, 0.717) is 53.2 Å². The third kappa shape index (κ3) is 4.77. The number of carbonyl (C=O) groups excluding carboxylic acids is 1. The van der Waals surface area contributed by atoms with Gasteiger partial charge in [-0.2, -0.15) is 0 Å². The smallest absolute Gasteiger partial charge is 0.255 e. The zero-order chi connectivity index (χ0) is 20.3. The van der Waals surface area contributed by atoms with Crippen molar-refractivity contribution in [1.29, 1.82) is 0 Å². The maximum absolute atomic E-state index is 12.6. The molecule has 28 heavy (non-hydrogen) atoms. The highest BCUT2D eigenvalue weighted by molar-refractivity contribution is 7.93. The fraction of sp³-hybridized carbons (Fsp3) is 0.350. The summed E-state index contributed by atoms with van der Waals surface area (Å²) in [5.74, 6) is 0.731. The third-order valence-electron chi connectivity index (χ3n) is 4.26. The van der Waals surface area contributed by atoms with Crippen molar-refractivity contribution in [2.45, 2.75) is 20.3 Å². The maximum Gasteiger partial charge on any atom is 0.255 e. The molecule has 150 valence electrons. The molecule has 0 radical (unpaired) electrons. The Hall–Kier alpha value is -2.25. The van der Waals surface area contributed by atoms with E-state index in [0.717, 1.165) is 0 Å². The molecule has 0 unspecified atom stereocenters. The predicted octanol–water partition coefficient (Wildman–Crippen LogP) is 4.17. The van der Waals surface area contributed by atoms with Crippen LogP contribution in [0.15, 0.2) is 42.5 Å². The SMILES string of the molecule is CC(C)COc1ccc(NC(=O)c2cccc(N3CCCS3(=O)=O)c2)cc1Cl. The van der Waals surface area contributed by atoms with E-state index in [2.05, 4.69) is 5.32 Å². The number of halogens is 1. The Bertz CT molecular complexity index is 976. The Morgan fingerprint density at radius 1 is 1.25 bits per heavy atom. The summed E-state index contributed by atoms with van der Waals surface area (Å²) in [5, 5.41) is 3.20. The van der Waals surface area contributed by atoms with Gasteiger partial charge in [0.2, 0.25) is 10.0 Å². The number of benzene rings is 2. The van der Waals surface area contributed by atoms with E-state index >= 15 is 0 Å². The summed E-state index contributed by atoms with van der Waals surface area (Å²) >= 11 is 6.24. The standard InChI is InChI=1S/C20H23ClN2O4S/c1-14(2)13-27-19-8-7-16(12-18(19)21)22-20(24)15-5-3-6-17(11-15)23-9-4-10-28(23,25)26/h3,5-8,11-12,14H,4,9-10,13H2,1-2H3,(H,22,24). The number of sulfonamides is 1. The van der Waals surface area contributed by atoms with Gasteiger partial charge < -0.3 is 10.1 Å². The number of anilines is 2. The molecule has 0 aliphatic carbocycles. The van der Waals surface area contributed by atoms with E-state index in [1.165, 1.54) is 4.31 Å². The van der Waals surface area contributed by atoms with Crippen LogP contribution in [0.3, 0.4) is 0 Å². The van der Waals surface area contributed by atoms with Crippen LogP contribution in [0.5, 0.6) is 5.75 Å². The number of rotatable bonds is 6. The number of ether oxygens (including phenoxy) is 1. The molecule has 0 atom stereocenters. The van der Waals surface area contributed by atoms with Gasteiger partial charge in [-0.15, -0.1) is 0 Å². The molecular weight excluding hydrogens is 400 g/mol. The molecule has 8 heteroatoms. The number of amides is 1. The topological polar surface area (TPSA) is 75.7 Å². The average Bonchev–Trinajstić information content (AvgIpc) is 3.00. The summed E-state index contributed by atoms with van der Waals surface area (Å²) in [6, 6.07) is 11.7. The minimum atomic E-state index is -3.29. The van der Waals surface area contributed by atoms with Crippen molar-refractivity contribution in [3.05, 3.63) is 53.1 Å². The van der Waals surface area contributed by atoms with Crippen LogP contribution in [0.2, 0.25) is 5.02 Å². The molecule has 1 aliphatic rings. The van der Waals surface area contributed by atoms with Gasteiger partial charge in [0.15, 0.2) is 0 Å². The first-order valence-electron chi connectivity index (χ1n) is 9.10. The van der Waals surface area contributed by atoms with Gasteiger partial charge in [-0.25, -0.2) is 8.42 Å². The highest BCUT2D eigenvalue weighted by Gasteiger charge is 2.28. The first-order chi connectivity index (χ1) is 13.3. The first-order valence-corrected chi connectivity index (χ1v) is 11.1. The van der Waals surface area contributed by atoms with E-state index < -0.39 is 10.0 Å². The summed E-state index contributed by atoms with van der Waals surface area (Å²) in [6.07, 6.45) is 0.586. The van der Waals surface area contributed by atoms with Crippen molar-refractivity contribution in [2.75, 3.05) is 28.5 Å². The van der Waals surface area contributed by atoms with Gasteiger partial charge in [0.25, 0.3) is 5.91 Å². The second kappa shape index (κ2) is 8.41. The number of carbonyl (C=O) groups is 1. The summed E-state index contributed by atoms with van der Waals surface area (Å²) in [6.45, 7) is 5.08. The molecule has 2 aromatic rings. The lowest BCUT2D eigenvalue weighted by Gasteiger charge is -2.17. The van der Waals surface area contributed by atoms with Gasteiger partial charge in [0.05, 0.1) is 23.1 Å². The van der Waals surface area contributed by atoms with E-state index in [1.54, 1.807) is 42.5 Å². The quantitative estimate of drug-likeness (QED) is 0.758. The minimum Gasteiger partial charge on any atom is -0.492 e. The van der Waals surface area contributed by atoms with Gasteiger partial charge in [-0.05, 0) is 48.7 Å². The molecule has 1 saturated heterocycles. The number of nitrogens with one attached hydrogen (secondary N) is 1. The molecule has 0 bridgehead atoms. The number of hydrogen-bond donors (Lipinski definition) is 1.